The lowest BCUT2D eigenvalue weighted by Crippen LogP contribution is -2.14. The van der Waals surface area contributed by atoms with Crippen LogP contribution in [0.2, 0.25) is 0 Å². The first-order valence-corrected chi connectivity index (χ1v) is 9.15. The Morgan fingerprint density at radius 2 is 1.04 bits per heavy atom. The summed E-state index contributed by atoms with van der Waals surface area (Å²) in [5.74, 6) is 1.63. The van der Waals surface area contributed by atoms with Crippen molar-refractivity contribution >= 4 is 13.7 Å². The van der Waals surface area contributed by atoms with Crippen molar-refractivity contribution in [2.75, 3.05) is 0 Å². The summed E-state index contributed by atoms with van der Waals surface area (Å²) in [5, 5.41) is 1.11. The van der Waals surface area contributed by atoms with Crippen molar-refractivity contribution in [2.24, 2.45) is 0 Å². The smallest absolute Gasteiger partial charge is 0.326 e. The first kappa shape index (κ1) is 16.5. The molecule has 3 rings (SSSR count). The van der Waals surface area contributed by atoms with Crippen LogP contribution in [-0.4, -0.2) is 0 Å². The van der Waals surface area contributed by atoms with E-state index < -0.39 is 8.38 Å². The molecular formula is C21H21O2P. The van der Waals surface area contributed by atoms with Gasteiger partial charge in [-0.2, -0.15) is 0 Å². The number of aryl methyl sites for hydroxylation is 3. The minimum Gasteiger partial charge on any atom is -0.435 e. The summed E-state index contributed by atoms with van der Waals surface area (Å²) >= 11 is 0. The molecule has 0 saturated carbocycles. The van der Waals surface area contributed by atoms with E-state index in [4.69, 9.17) is 9.05 Å². The van der Waals surface area contributed by atoms with Crippen molar-refractivity contribution in [3.8, 4) is 11.5 Å². The number of benzene rings is 3. The van der Waals surface area contributed by atoms with Gasteiger partial charge in [0.1, 0.15) is 11.5 Å². The van der Waals surface area contributed by atoms with Crippen molar-refractivity contribution in [2.45, 2.75) is 20.8 Å². The summed E-state index contributed by atoms with van der Waals surface area (Å²) in [6.07, 6.45) is 0. The van der Waals surface area contributed by atoms with Gasteiger partial charge in [-0.1, -0.05) is 42.5 Å². The summed E-state index contributed by atoms with van der Waals surface area (Å²) in [6.45, 7) is 6.36. The van der Waals surface area contributed by atoms with Crippen molar-refractivity contribution in [3.05, 3.63) is 89.5 Å². The maximum absolute atomic E-state index is 6.22. The Labute approximate surface area is 145 Å². The predicted octanol–water partition coefficient (Wildman–Crippen LogP) is 5.71. The van der Waals surface area contributed by atoms with Crippen LogP contribution in [0, 0.1) is 20.8 Å². The van der Waals surface area contributed by atoms with Gasteiger partial charge in [0.2, 0.25) is 0 Å². The van der Waals surface area contributed by atoms with Crippen LogP contribution < -0.4 is 14.4 Å². The Bertz CT molecular complexity index is 759. The summed E-state index contributed by atoms with van der Waals surface area (Å²) in [5.41, 5.74) is 3.72. The minimum atomic E-state index is -1.26. The van der Waals surface area contributed by atoms with Gasteiger partial charge in [-0.25, -0.2) is 0 Å². The molecule has 0 aromatic heterocycles. The van der Waals surface area contributed by atoms with Crippen molar-refractivity contribution in [3.63, 3.8) is 0 Å². The van der Waals surface area contributed by atoms with Crippen LogP contribution in [0.5, 0.6) is 11.5 Å². The third-order valence-electron chi connectivity index (χ3n) is 3.87. The van der Waals surface area contributed by atoms with Gasteiger partial charge in [0.25, 0.3) is 0 Å². The molecule has 0 heterocycles. The Hall–Kier alpha value is -2.31. The summed E-state index contributed by atoms with van der Waals surface area (Å²) in [7, 11) is -1.26. The number of hydrogen-bond donors (Lipinski definition) is 0. The fourth-order valence-electron chi connectivity index (χ4n) is 2.41. The molecule has 2 nitrogen and oxygen atoms in total. The van der Waals surface area contributed by atoms with Crippen LogP contribution >= 0.6 is 8.38 Å². The van der Waals surface area contributed by atoms with Crippen LogP contribution in [-0.2, 0) is 0 Å². The fraction of sp³-hybridized carbons (Fsp3) is 0.143. The summed E-state index contributed by atoms with van der Waals surface area (Å²) in [4.78, 5) is 0. The predicted molar refractivity (Wildman–Crippen MR) is 101 cm³/mol. The molecule has 0 amide bonds. The lowest BCUT2D eigenvalue weighted by molar-refractivity contribution is 0.501. The molecule has 0 atom stereocenters. The number of para-hydroxylation sites is 2. The van der Waals surface area contributed by atoms with Gasteiger partial charge in [-0.3, -0.25) is 0 Å². The van der Waals surface area contributed by atoms with Crippen LogP contribution in [0.25, 0.3) is 0 Å². The van der Waals surface area contributed by atoms with Crippen molar-refractivity contribution < 1.29 is 9.05 Å². The highest BCUT2D eigenvalue weighted by Gasteiger charge is 2.21. The lowest BCUT2D eigenvalue weighted by Gasteiger charge is -2.21. The monoisotopic (exact) mass is 336 g/mol. The zero-order valence-corrected chi connectivity index (χ0v) is 15.1. The molecule has 0 radical (unpaired) electrons. The molecule has 0 fully saturated rings. The van der Waals surface area contributed by atoms with Crippen LogP contribution in [0.4, 0.5) is 0 Å². The molecule has 0 saturated heterocycles. The molecule has 3 heteroatoms. The van der Waals surface area contributed by atoms with Crippen LogP contribution in [0.1, 0.15) is 16.7 Å². The quantitative estimate of drug-likeness (QED) is 0.556. The average molecular weight is 336 g/mol. The molecule has 0 N–H and O–H groups in total. The molecule has 0 unspecified atom stereocenters. The summed E-state index contributed by atoms with van der Waals surface area (Å²) in [6, 6.07) is 24.1. The molecule has 3 aromatic rings. The van der Waals surface area contributed by atoms with Gasteiger partial charge in [0.05, 0.1) is 5.30 Å². The normalized spacial score (nSPS) is 10.7. The second-order valence-electron chi connectivity index (χ2n) is 5.79. The van der Waals surface area contributed by atoms with Gasteiger partial charge in [-0.15, -0.1) is 0 Å². The molecule has 0 aliphatic carbocycles. The minimum absolute atomic E-state index is 0.817. The molecule has 0 bridgehead atoms. The second-order valence-corrected chi connectivity index (χ2v) is 7.15. The van der Waals surface area contributed by atoms with E-state index in [2.05, 4.69) is 32.9 Å². The van der Waals surface area contributed by atoms with E-state index in [9.17, 15) is 0 Å². The van der Waals surface area contributed by atoms with Gasteiger partial charge >= 0.3 is 8.38 Å². The standard InChI is InChI=1S/C21H21O2P/c1-16-14-18(3)21(15-17(16)2)24(22-19-10-6-4-7-11-19)23-20-12-8-5-9-13-20/h4-15H,1-3H3. The molecule has 0 aliphatic rings. The zero-order valence-electron chi connectivity index (χ0n) is 14.2. The van der Waals surface area contributed by atoms with Crippen molar-refractivity contribution in [1.82, 2.24) is 0 Å². The Kier molecular flexibility index (Phi) is 5.17. The molecule has 0 aliphatic heterocycles. The maximum Gasteiger partial charge on any atom is 0.326 e. The van der Waals surface area contributed by atoms with E-state index in [1.54, 1.807) is 0 Å². The van der Waals surface area contributed by atoms with Gasteiger partial charge in [0, 0.05) is 0 Å². The molecule has 0 spiro atoms. The molecule has 122 valence electrons. The van der Waals surface area contributed by atoms with E-state index in [1.165, 1.54) is 16.7 Å². The van der Waals surface area contributed by atoms with Crippen molar-refractivity contribution in [1.29, 1.82) is 0 Å². The first-order chi connectivity index (χ1) is 11.6. The number of hydrogen-bond acceptors (Lipinski definition) is 2. The Balaban J connectivity index is 1.96. The Morgan fingerprint density at radius 1 is 0.583 bits per heavy atom. The molecular weight excluding hydrogens is 315 g/mol. The fourth-order valence-corrected chi connectivity index (χ4v) is 3.93. The maximum atomic E-state index is 6.22. The highest BCUT2D eigenvalue weighted by atomic mass is 31.2. The SMILES string of the molecule is Cc1cc(C)c(P(Oc2ccccc2)Oc2ccccc2)cc1C. The highest BCUT2D eigenvalue weighted by molar-refractivity contribution is 7.56. The summed E-state index contributed by atoms with van der Waals surface area (Å²) < 4.78 is 12.4. The molecule has 3 aromatic carbocycles. The van der Waals surface area contributed by atoms with E-state index in [-0.39, 0.29) is 0 Å². The first-order valence-electron chi connectivity index (χ1n) is 7.97. The van der Waals surface area contributed by atoms with E-state index >= 15 is 0 Å². The van der Waals surface area contributed by atoms with E-state index in [0.717, 1.165) is 16.8 Å². The third kappa shape index (κ3) is 3.96. The lowest BCUT2D eigenvalue weighted by atomic mass is 10.1. The zero-order chi connectivity index (χ0) is 16.9. The second kappa shape index (κ2) is 7.51. The third-order valence-corrected chi connectivity index (χ3v) is 5.50. The topological polar surface area (TPSA) is 18.5 Å². The van der Waals surface area contributed by atoms with E-state index in [1.807, 2.05) is 60.7 Å². The van der Waals surface area contributed by atoms with E-state index in [0.29, 0.717) is 0 Å². The van der Waals surface area contributed by atoms with Gasteiger partial charge < -0.3 is 9.05 Å². The number of rotatable bonds is 5. The highest BCUT2D eigenvalue weighted by Crippen LogP contribution is 2.40. The van der Waals surface area contributed by atoms with Crippen LogP contribution in [0.15, 0.2) is 72.8 Å². The van der Waals surface area contributed by atoms with Gasteiger partial charge in [0.15, 0.2) is 0 Å². The Morgan fingerprint density at radius 3 is 1.54 bits per heavy atom. The van der Waals surface area contributed by atoms with Gasteiger partial charge in [-0.05, 0) is 67.8 Å². The van der Waals surface area contributed by atoms with Crippen LogP contribution in [0.3, 0.4) is 0 Å². The largest absolute Gasteiger partial charge is 0.435 e. The molecule has 24 heavy (non-hydrogen) atoms. The average Bonchev–Trinajstić information content (AvgIpc) is 2.59.